The number of aromatic amines is 1. The van der Waals surface area contributed by atoms with E-state index >= 15 is 0 Å². The van der Waals surface area contributed by atoms with Crippen LogP contribution < -0.4 is 5.56 Å². The van der Waals surface area contributed by atoms with Gasteiger partial charge in [-0.1, -0.05) is 97.3 Å². The molecule has 0 saturated heterocycles. The number of unbranched alkanes of at least 4 members (excludes halogenated alkanes) is 11. The molecule has 1 atom stereocenters. The molecule has 0 bridgehead atoms. The van der Waals surface area contributed by atoms with Crippen molar-refractivity contribution in [2.75, 3.05) is 0 Å². The van der Waals surface area contributed by atoms with Crippen molar-refractivity contribution < 1.29 is 0 Å². The van der Waals surface area contributed by atoms with E-state index in [0.717, 1.165) is 18.5 Å². The molecule has 0 aliphatic heterocycles. The predicted octanol–water partition coefficient (Wildman–Crippen LogP) is 6.55. The minimum atomic E-state index is -0.141. The second-order valence-corrected chi connectivity index (χ2v) is 8.18. The van der Waals surface area contributed by atoms with Crippen LogP contribution in [-0.4, -0.2) is 19.5 Å². The van der Waals surface area contributed by atoms with Crippen molar-refractivity contribution in [3.8, 4) is 0 Å². The molecule has 2 rings (SSSR count). The minimum Gasteiger partial charge on any atom is -0.312 e. The molecule has 0 amide bonds. The zero-order chi connectivity index (χ0) is 20.0. The normalized spacial score (nSPS) is 12.6. The van der Waals surface area contributed by atoms with Crippen LogP contribution in [0.3, 0.4) is 0 Å². The number of fused-ring (bicyclic) bond motifs is 1. The zero-order valence-corrected chi connectivity index (χ0v) is 18.1. The summed E-state index contributed by atoms with van der Waals surface area (Å²) in [7, 11) is 0. The van der Waals surface area contributed by atoms with Crippen LogP contribution in [0.1, 0.15) is 116 Å². The van der Waals surface area contributed by atoms with Crippen molar-refractivity contribution in [2.24, 2.45) is 0 Å². The van der Waals surface area contributed by atoms with E-state index in [1.807, 2.05) is 6.33 Å². The predicted molar refractivity (Wildman–Crippen MR) is 118 cm³/mol. The van der Waals surface area contributed by atoms with Gasteiger partial charge in [-0.25, -0.2) is 9.97 Å². The fourth-order valence-electron chi connectivity index (χ4n) is 4.05. The van der Waals surface area contributed by atoms with Gasteiger partial charge in [-0.15, -0.1) is 0 Å². The lowest BCUT2D eigenvalue weighted by Crippen LogP contribution is -2.12. The summed E-state index contributed by atoms with van der Waals surface area (Å²) >= 11 is 0. The van der Waals surface area contributed by atoms with Gasteiger partial charge in [-0.2, -0.15) is 0 Å². The molecule has 1 unspecified atom stereocenters. The fraction of sp³-hybridized carbons (Fsp3) is 0.783. The third kappa shape index (κ3) is 7.40. The molecule has 2 aromatic heterocycles. The van der Waals surface area contributed by atoms with Crippen molar-refractivity contribution in [1.29, 1.82) is 0 Å². The molecule has 1 N–H and O–H groups in total. The van der Waals surface area contributed by atoms with Crippen LogP contribution in [0.5, 0.6) is 0 Å². The van der Waals surface area contributed by atoms with Gasteiger partial charge in [-0.3, -0.25) is 4.79 Å². The Hall–Kier alpha value is -1.65. The first kappa shape index (κ1) is 22.6. The third-order valence-electron chi connectivity index (χ3n) is 5.79. The van der Waals surface area contributed by atoms with Crippen LogP contribution in [-0.2, 0) is 0 Å². The van der Waals surface area contributed by atoms with Crippen LogP contribution in [0, 0.1) is 0 Å². The molecule has 5 nitrogen and oxygen atoms in total. The summed E-state index contributed by atoms with van der Waals surface area (Å²) < 4.78 is 2.16. The summed E-state index contributed by atoms with van der Waals surface area (Å²) in [5.74, 6) is 0. The number of H-pyrrole nitrogens is 1. The summed E-state index contributed by atoms with van der Waals surface area (Å²) in [6.45, 7) is 4.52. The lowest BCUT2D eigenvalue weighted by atomic mass is 10.00. The zero-order valence-electron chi connectivity index (χ0n) is 18.1. The molecule has 2 aromatic rings. The molecule has 0 spiro atoms. The number of aromatic nitrogens is 4. The number of nitrogens with one attached hydrogen (secondary N) is 1. The van der Waals surface area contributed by atoms with Crippen LogP contribution in [0.25, 0.3) is 11.2 Å². The molecule has 28 heavy (non-hydrogen) atoms. The summed E-state index contributed by atoms with van der Waals surface area (Å²) in [5.41, 5.74) is 1.06. The van der Waals surface area contributed by atoms with E-state index in [-0.39, 0.29) is 5.56 Å². The Balaban J connectivity index is 1.88. The van der Waals surface area contributed by atoms with Gasteiger partial charge in [0.1, 0.15) is 0 Å². The molecule has 0 radical (unpaired) electrons. The highest BCUT2D eigenvalue weighted by Gasteiger charge is 2.16. The van der Waals surface area contributed by atoms with E-state index in [9.17, 15) is 4.79 Å². The van der Waals surface area contributed by atoms with Crippen molar-refractivity contribution in [2.45, 2.75) is 116 Å². The SMILES string of the molecule is CCCCCCCCCCC(CCCCCCC)n1cnc2c(=O)[nH]cnc21. The lowest BCUT2D eigenvalue weighted by molar-refractivity contribution is 0.400. The Kier molecular flexibility index (Phi) is 10.9. The molecule has 0 aromatic carbocycles. The smallest absolute Gasteiger partial charge is 0.278 e. The van der Waals surface area contributed by atoms with Gasteiger partial charge in [0.25, 0.3) is 5.56 Å². The summed E-state index contributed by atoms with van der Waals surface area (Å²) in [6, 6.07) is 0.404. The Morgan fingerprint density at radius 2 is 1.36 bits per heavy atom. The Morgan fingerprint density at radius 1 is 0.821 bits per heavy atom. The maximum atomic E-state index is 12.0. The molecule has 0 aliphatic rings. The quantitative estimate of drug-likeness (QED) is 0.331. The highest BCUT2D eigenvalue weighted by molar-refractivity contribution is 5.68. The number of nitrogens with zero attached hydrogens (tertiary/aromatic N) is 3. The molecule has 0 saturated carbocycles. The van der Waals surface area contributed by atoms with E-state index < -0.39 is 0 Å². The van der Waals surface area contributed by atoms with E-state index in [2.05, 4.69) is 33.4 Å². The highest BCUT2D eigenvalue weighted by atomic mass is 16.1. The first-order chi connectivity index (χ1) is 13.8. The van der Waals surface area contributed by atoms with Crippen molar-refractivity contribution >= 4 is 11.2 Å². The van der Waals surface area contributed by atoms with Gasteiger partial charge in [0, 0.05) is 6.04 Å². The summed E-state index contributed by atoms with van der Waals surface area (Å²) in [5, 5.41) is 0. The number of imidazole rings is 1. The van der Waals surface area contributed by atoms with Crippen molar-refractivity contribution in [3.05, 3.63) is 23.0 Å². The van der Waals surface area contributed by atoms with Gasteiger partial charge >= 0.3 is 0 Å². The second kappa shape index (κ2) is 13.5. The highest BCUT2D eigenvalue weighted by Crippen LogP contribution is 2.26. The van der Waals surface area contributed by atoms with Crippen LogP contribution >= 0.6 is 0 Å². The first-order valence-corrected chi connectivity index (χ1v) is 11.7. The average molecular weight is 389 g/mol. The van der Waals surface area contributed by atoms with Crippen LogP contribution in [0.4, 0.5) is 0 Å². The van der Waals surface area contributed by atoms with Gasteiger partial charge in [0.2, 0.25) is 0 Å². The van der Waals surface area contributed by atoms with Gasteiger partial charge in [0.05, 0.1) is 12.7 Å². The Bertz CT molecular complexity index is 706. The maximum Gasteiger partial charge on any atom is 0.278 e. The molecular weight excluding hydrogens is 348 g/mol. The first-order valence-electron chi connectivity index (χ1n) is 11.7. The number of hydrogen-bond donors (Lipinski definition) is 1. The van der Waals surface area contributed by atoms with E-state index in [4.69, 9.17) is 0 Å². The Labute approximate surface area is 170 Å². The summed E-state index contributed by atoms with van der Waals surface area (Å²) in [4.78, 5) is 23.4. The summed E-state index contributed by atoms with van der Waals surface area (Å²) in [6.07, 6.45) is 22.8. The average Bonchev–Trinajstić information content (AvgIpc) is 3.13. The topological polar surface area (TPSA) is 63.6 Å². The maximum absolute atomic E-state index is 12.0. The second-order valence-electron chi connectivity index (χ2n) is 8.18. The molecule has 158 valence electrons. The number of rotatable bonds is 16. The van der Waals surface area contributed by atoms with E-state index in [0.29, 0.717) is 11.6 Å². The van der Waals surface area contributed by atoms with Gasteiger partial charge in [0.15, 0.2) is 11.2 Å². The molecular formula is C23H40N4O. The molecule has 5 heteroatoms. The molecule has 0 fully saturated rings. The van der Waals surface area contributed by atoms with Crippen molar-refractivity contribution in [3.63, 3.8) is 0 Å². The lowest BCUT2D eigenvalue weighted by Gasteiger charge is -2.19. The number of hydrogen-bond acceptors (Lipinski definition) is 3. The Morgan fingerprint density at radius 3 is 1.93 bits per heavy atom. The molecule has 0 aliphatic carbocycles. The third-order valence-corrected chi connectivity index (χ3v) is 5.79. The van der Waals surface area contributed by atoms with Crippen molar-refractivity contribution in [1.82, 2.24) is 19.5 Å². The van der Waals surface area contributed by atoms with Gasteiger partial charge in [-0.05, 0) is 12.8 Å². The largest absolute Gasteiger partial charge is 0.312 e. The van der Waals surface area contributed by atoms with Crippen LogP contribution in [0.15, 0.2) is 17.4 Å². The molecule has 2 heterocycles. The van der Waals surface area contributed by atoms with E-state index in [1.165, 1.54) is 89.8 Å². The minimum absolute atomic E-state index is 0.141. The standard InChI is InChI=1S/C23H40N4O/c1-3-5-7-9-10-11-13-15-17-20(16-14-12-8-6-4-2)27-19-26-21-22(27)24-18-25-23(21)28/h18-20H,3-17H2,1-2H3,(H,24,25,28). The van der Waals surface area contributed by atoms with E-state index in [1.54, 1.807) is 0 Å². The van der Waals surface area contributed by atoms with Gasteiger partial charge < -0.3 is 9.55 Å². The van der Waals surface area contributed by atoms with Crippen LogP contribution in [0.2, 0.25) is 0 Å². The fourth-order valence-corrected chi connectivity index (χ4v) is 4.05. The monoisotopic (exact) mass is 388 g/mol.